The molecule has 1 N–H and O–H groups in total. The molecule has 6 nitrogen and oxygen atoms in total. The summed E-state index contributed by atoms with van der Waals surface area (Å²) in [5.41, 5.74) is 3.54. The van der Waals surface area contributed by atoms with Gasteiger partial charge in [-0.1, -0.05) is 18.2 Å². The lowest BCUT2D eigenvalue weighted by Gasteiger charge is -2.12. The van der Waals surface area contributed by atoms with E-state index in [-0.39, 0.29) is 5.91 Å². The van der Waals surface area contributed by atoms with Crippen LogP contribution in [0, 0.1) is 6.92 Å². The molecule has 0 bridgehead atoms. The van der Waals surface area contributed by atoms with E-state index < -0.39 is 0 Å². The van der Waals surface area contributed by atoms with Crippen LogP contribution in [0.25, 0.3) is 22.8 Å². The Labute approximate surface area is 180 Å². The van der Waals surface area contributed by atoms with E-state index in [2.05, 4.69) is 10.3 Å². The minimum absolute atomic E-state index is 0.274. The van der Waals surface area contributed by atoms with E-state index >= 15 is 0 Å². The first-order valence-electron chi connectivity index (χ1n) is 9.74. The highest BCUT2D eigenvalue weighted by molar-refractivity contribution is 6.08. The molecule has 1 heterocycles. The van der Waals surface area contributed by atoms with Crippen LogP contribution >= 0.6 is 0 Å². The summed E-state index contributed by atoms with van der Waals surface area (Å²) >= 11 is 0. The number of amides is 1. The van der Waals surface area contributed by atoms with Crippen LogP contribution in [-0.2, 0) is 0 Å². The number of nitrogens with one attached hydrogen (secondary N) is 1. The third kappa shape index (κ3) is 4.28. The van der Waals surface area contributed by atoms with Gasteiger partial charge in [0.05, 0.1) is 31.7 Å². The van der Waals surface area contributed by atoms with Crippen LogP contribution < -0.4 is 14.8 Å². The van der Waals surface area contributed by atoms with Crippen molar-refractivity contribution in [2.24, 2.45) is 0 Å². The van der Waals surface area contributed by atoms with E-state index in [1.165, 1.54) is 0 Å². The molecule has 0 radical (unpaired) electrons. The molecule has 0 unspecified atom stereocenters. The van der Waals surface area contributed by atoms with E-state index in [0.717, 1.165) is 16.9 Å². The lowest BCUT2D eigenvalue weighted by Crippen LogP contribution is -2.14. The molecule has 4 rings (SSSR count). The number of nitrogens with zero attached hydrogens (tertiary/aromatic N) is 1. The predicted molar refractivity (Wildman–Crippen MR) is 120 cm³/mol. The van der Waals surface area contributed by atoms with Crippen molar-refractivity contribution in [3.8, 4) is 34.3 Å². The molecule has 4 aromatic rings. The van der Waals surface area contributed by atoms with Gasteiger partial charge in [-0.25, -0.2) is 4.98 Å². The summed E-state index contributed by atoms with van der Waals surface area (Å²) in [7, 11) is 3.19. The smallest absolute Gasteiger partial charge is 0.256 e. The topological polar surface area (TPSA) is 73.6 Å². The van der Waals surface area contributed by atoms with Gasteiger partial charge in [0.1, 0.15) is 11.5 Å². The maximum absolute atomic E-state index is 13.1. The van der Waals surface area contributed by atoms with Gasteiger partial charge in [0, 0.05) is 11.1 Å². The van der Waals surface area contributed by atoms with Crippen molar-refractivity contribution in [2.75, 3.05) is 19.5 Å². The van der Waals surface area contributed by atoms with Crippen molar-refractivity contribution < 1.29 is 18.7 Å². The standard InChI is InChI=1S/C25H22N2O4/c1-16-8-13-22(30-3)21(14-16)27-24(28)19-6-4-5-7-20(19)25-26-15-23(31-25)17-9-11-18(29-2)12-10-17/h4-15H,1-3H3,(H,27,28). The number of oxazole rings is 1. The fourth-order valence-corrected chi connectivity index (χ4v) is 3.26. The number of rotatable bonds is 6. The average Bonchev–Trinajstić information content (AvgIpc) is 3.29. The SMILES string of the molecule is COc1ccc(-c2cnc(-c3ccccc3C(=O)Nc3cc(C)ccc3OC)o2)cc1. The number of hydrogen-bond acceptors (Lipinski definition) is 5. The van der Waals surface area contributed by atoms with E-state index in [9.17, 15) is 4.79 Å². The summed E-state index contributed by atoms with van der Waals surface area (Å²) < 4.78 is 16.5. The zero-order valence-electron chi connectivity index (χ0n) is 17.5. The Hall–Kier alpha value is -4.06. The first-order valence-corrected chi connectivity index (χ1v) is 9.74. The number of ether oxygens (including phenoxy) is 2. The number of aryl methyl sites for hydroxylation is 1. The highest BCUT2D eigenvalue weighted by Crippen LogP contribution is 2.31. The molecule has 0 atom stereocenters. The van der Waals surface area contributed by atoms with Crippen LogP contribution in [0.3, 0.4) is 0 Å². The summed E-state index contributed by atoms with van der Waals surface area (Å²) in [6, 6.07) is 20.3. The molecule has 0 saturated heterocycles. The molecule has 6 heteroatoms. The monoisotopic (exact) mass is 414 g/mol. The van der Waals surface area contributed by atoms with Gasteiger partial charge in [-0.3, -0.25) is 4.79 Å². The lowest BCUT2D eigenvalue weighted by molar-refractivity contribution is 0.102. The molecular formula is C25H22N2O4. The van der Waals surface area contributed by atoms with Crippen LogP contribution in [0.2, 0.25) is 0 Å². The van der Waals surface area contributed by atoms with E-state index in [1.54, 1.807) is 32.5 Å². The van der Waals surface area contributed by atoms with E-state index in [4.69, 9.17) is 13.9 Å². The Morgan fingerprint density at radius 2 is 1.74 bits per heavy atom. The first kappa shape index (κ1) is 20.2. The average molecular weight is 414 g/mol. The zero-order chi connectivity index (χ0) is 21.8. The van der Waals surface area contributed by atoms with Gasteiger partial charge in [0.15, 0.2) is 5.76 Å². The number of benzene rings is 3. The van der Waals surface area contributed by atoms with Crippen LogP contribution in [0.1, 0.15) is 15.9 Å². The number of carbonyl (C=O) groups is 1. The normalized spacial score (nSPS) is 10.5. The second-order valence-corrected chi connectivity index (χ2v) is 6.96. The van der Waals surface area contributed by atoms with Gasteiger partial charge >= 0.3 is 0 Å². The van der Waals surface area contributed by atoms with Crippen LogP contribution in [0.15, 0.2) is 77.3 Å². The molecule has 156 valence electrons. The molecule has 0 saturated carbocycles. The highest BCUT2D eigenvalue weighted by atomic mass is 16.5. The molecule has 0 aliphatic heterocycles. The fraction of sp³-hybridized carbons (Fsp3) is 0.120. The second-order valence-electron chi connectivity index (χ2n) is 6.96. The van der Waals surface area contributed by atoms with Gasteiger partial charge in [-0.15, -0.1) is 0 Å². The molecule has 0 aliphatic carbocycles. The van der Waals surface area contributed by atoms with E-state index in [1.807, 2.05) is 61.5 Å². The Balaban J connectivity index is 1.64. The molecule has 1 aromatic heterocycles. The maximum atomic E-state index is 13.1. The van der Waals surface area contributed by atoms with Crippen molar-refractivity contribution in [3.63, 3.8) is 0 Å². The minimum Gasteiger partial charge on any atom is -0.497 e. The van der Waals surface area contributed by atoms with Gasteiger partial charge in [0.25, 0.3) is 5.91 Å². The van der Waals surface area contributed by atoms with Gasteiger partial charge < -0.3 is 19.2 Å². The second kappa shape index (κ2) is 8.75. The number of aromatic nitrogens is 1. The van der Waals surface area contributed by atoms with Gasteiger partial charge in [-0.05, 0) is 61.0 Å². The Bertz CT molecular complexity index is 1210. The highest BCUT2D eigenvalue weighted by Gasteiger charge is 2.18. The van der Waals surface area contributed by atoms with Gasteiger partial charge in [0.2, 0.25) is 5.89 Å². The molecule has 0 spiro atoms. The zero-order valence-corrected chi connectivity index (χ0v) is 17.5. The maximum Gasteiger partial charge on any atom is 0.256 e. The van der Waals surface area contributed by atoms with Crippen molar-refractivity contribution in [1.29, 1.82) is 0 Å². The van der Waals surface area contributed by atoms with E-state index in [0.29, 0.717) is 34.2 Å². The van der Waals surface area contributed by atoms with Crippen molar-refractivity contribution in [2.45, 2.75) is 6.92 Å². The third-order valence-corrected chi connectivity index (χ3v) is 4.89. The largest absolute Gasteiger partial charge is 0.497 e. The Morgan fingerprint density at radius 3 is 2.48 bits per heavy atom. The van der Waals surface area contributed by atoms with Crippen molar-refractivity contribution >= 4 is 11.6 Å². The molecule has 0 aliphatic rings. The number of methoxy groups -OCH3 is 2. The summed E-state index contributed by atoms with van der Waals surface area (Å²) in [6.07, 6.45) is 1.65. The molecular weight excluding hydrogens is 392 g/mol. The summed E-state index contributed by atoms with van der Waals surface area (Å²) in [5.74, 6) is 2.05. The number of hydrogen-bond donors (Lipinski definition) is 1. The van der Waals surface area contributed by atoms with Crippen LogP contribution in [0.4, 0.5) is 5.69 Å². The Kier molecular flexibility index (Phi) is 5.71. The third-order valence-electron chi connectivity index (χ3n) is 4.89. The molecule has 3 aromatic carbocycles. The van der Waals surface area contributed by atoms with Crippen molar-refractivity contribution in [1.82, 2.24) is 4.98 Å². The van der Waals surface area contributed by atoms with Crippen LogP contribution in [0.5, 0.6) is 11.5 Å². The fourth-order valence-electron chi connectivity index (χ4n) is 3.26. The van der Waals surface area contributed by atoms with Gasteiger partial charge in [-0.2, -0.15) is 0 Å². The quantitative estimate of drug-likeness (QED) is 0.445. The predicted octanol–water partition coefficient (Wildman–Crippen LogP) is 5.59. The lowest BCUT2D eigenvalue weighted by atomic mass is 10.1. The molecule has 0 fully saturated rings. The summed E-state index contributed by atoms with van der Waals surface area (Å²) in [5, 5.41) is 2.93. The van der Waals surface area contributed by atoms with Crippen molar-refractivity contribution in [3.05, 3.63) is 84.1 Å². The number of carbonyl (C=O) groups excluding carboxylic acids is 1. The summed E-state index contributed by atoms with van der Waals surface area (Å²) in [6.45, 7) is 1.95. The number of anilines is 1. The van der Waals surface area contributed by atoms with Crippen LogP contribution in [-0.4, -0.2) is 25.1 Å². The molecule has 31 heavy (non-hydrogen) atoms. The first-order chi connectivity index (χ1) is 15.1. The Morgan fingerprint density at radius 1 is 0.968 bits per heavy atom. The molecule has 1 amide bonds. The minimum atomic E-state index is -0.274. The summed E-state index contributed by atoms with van der Waals surface area (Å²) in [4.78, 5) is 17.5.